The molecule has 0 fully saturated rings. The molecule has 0 nitrogen and oxygen atoms in total. The lowest BCUT2D eigenvalue weighted by Gasteiger charge is -2.18. The summed E-state index contributed by atoms with van der Waals surface area (Å²) >= 11 is 2.11. The Hall–Kier alpha value is 0.350. The van der Waals surface area contributed by atoms with Crippen LogP contribution in [0.4, 0.5) is 0 Å². The molecular formula is C9H20S. The molecule has 0 aliphatic carbocycles. The van der Waals surface area contributed by atoms with E-state index in [0.717, 1.165) is 11.2 Å². The van der Waals surface area contributed by atoms with Crippen molar-refractivity contribution < 1.29 is 0 Å². The van der Waals surface area contributed by atoms with Gasteiger partial charge in [-0.05, 0) is 18.1 Å². The molecular weight excluding hydrogens is 140 g/mol. The van der Waals surface area contributed by atoms with Gasteiger partial charge in [0.25, 0.3) is 0 Å². The van der Waals surface area contributed by atoms with Crippen molar-refractivity contribution in [2.45, 2.75) is 45.8 Å². The van der Waals surface area contributed by atoms with Gasteiger partial charge in [0, 0.05) is 5.25 Å². The number of thioether (sulfide) groups is 1. The molecule has 62 valence electrons. The Kier molecular flexibility index (Phi) is 6.30. The topological polar surface area (TPSA) is 0 Å². The van der Waals surface area contributed by atoms with Crippen LogP contribution in [-0.4, -0.2) is 11.0 Å². The molecule has 0 radical (unpaired) electrons. The van der Waals surface area contributed by atoms with E-state index in [9.17, 15) is 0 Å². The minimum Gasteiger partial charge on any atom is -0.159 e. The Morgan fingerprint density at radius 1 is 1.20 bits per heavy atom. The number of rotatable bonds is 5. The average molecular weight is 160 g/mol. The van der Waals surface area contributed by atoms with E-state index in [1.165, 1.54) is 18.6 Å². The Labute approximate surface area is 69.8 Å². The van der Waals surface area contributed by atoms with Gasteiger partial charge in [0.15, 0.2) is 0 Å². The molecule has 0 bridgehead atoms. The molecule has 1 unspecified atom stereocenters. The van der Waals surface area contributed by atoms with Crippen molar-refractivity contribution in [3.63, 3.8) is 0 Å². The Morgan fingerprint density at radius 3 is 2.10 bits per heavy atom. The summed E-state index contributed by atoms with van der Waals surface area (Å²) in [6.07, 6.45) is 2.71. The molecule has 0 saturated carbocycles. The van der Waals surface area contributed by atoms with Crippen LogP contribution in [0.3, 0.4) is 0 Å². The highest BCUT2D eigenvalue weighted by molar-refractivity contribution is 7.99. The molecule has 0 aliphatic heterocycles. The SMILES string of the molecule is CCCC(SCC)C(C)C. The summed E-state index contributed by atoms with van der Waals surface area (Å²) in [5.41, 5.74) is 0. The monoisotopic (exact) mass is 160 g/mol. The van der Waals surface area contributed by atoms with E-state index in [-0.39, 0.29) is 0 Å². The van der Waals surface area contributed by atoms with E-state index in [1.807, 2.05) is 0 Å². The predicted molar refractivity (Wildman–Crippen MR) is 51.7 cm³/mol. The van der Waals surface area contributed by atoms with Crippen LogP contribution < -0.4 is 0 Å². The van der Waals surface area contributed by atoms with Crippen molar-refractivity contribution >= 4 is 11.8 Å². The maximum Gasteiger partial charge on any atom is 0.00698 e. The molecule has 0 aromatic rings. The summed E-state index contributed by atoms with van der Waals surface area (Å²) in [5, 5.41) is 0.898. The van der Waals surface area contributed by atoms with Crippen LogP contribution in [0.2, 0.25) is 0 Å². The number of hydrogen-bond acceptors (Lipinski definition) is 1. The predicted octanol–water partition coefficient (Wildman–Crippen LogP) is 3.56. The highest BCUT2D eigenvalue weighted by Gasteiger charge is 2.10. The molecule has 0 saturated heterocycles. The van der Waals surface area contributed by atoms with Crippen molar-refractivity contribution in [1.82, 2.24) is 0 Å². The van der Waals surface area contributed by atoms with Gasteiger partial charge in [-0.15, -0.1) is 0 Å². The largest absolute Gasteiger partial charge is 0.159 e. The summed E-state index contributed by atoms with van der Waals surface area (Å²) in [4.78, 5) is 0. The Morgan fingerprint density at radius 2 is 1.80 bits per heavy atom. The van der Waals surface area contributed by atoms with Gasteiger partial charge >= 0.3 is 0 Å². The zero-order valence-corrected chi connectivity index (χ0v) is 8.50. The molecule has 0 spiro atoms. The van der Waals surface area contributed by atoms with Crippen molar-refractivity contribution in [1.29, 1.82) is 0 Å². The minimum atomic E-state index is 0.852. The third-order valence-electron chi connectivity index (χ3n) is 1.70. The van der Waals surface area contributed by atoms with Crippen LogP contribution in [0.5, 0.6) is 0 Å². The van der Waals surface area contributed by atoms with E-state index in [0.29, 0.717) is 0 Å². The highest BCUT2D eigenvalue weighted by Crippen LogP contribution is 2.23. The smallest absolute Gasteiger partial charge is 0.00698 e. The first-order valence-corrected chi connectivity index (χ1v) is 5.38. The molecule has 0 rings (SSSR count). The lowest BCUT2D eigenvalue weighted by atomic mass is 10.1. The van der Waals surface area contributed by atoms with Gasteiger partial charge in [-0.3, -0.25) is 0 Å². The van der Waals surface area contributed by atoms with Crippen LogP contribution in [0, 0.1) is 5.92 Å². The molecule has 0 heterocycles. The molecule has 0 aromatic heterocycles. The number of hydrogen-bond donors (Lipinski definition) is 0. The summed E-state index contributed by atoms with van der Waals surface area (Å²) < 4.78 is 0. The fourth-order valence-corrected chi connectivity index (χ4v) is 2.32. The summed E-state index contributed by atoms with van der Waals surface area (Å²) in [5.74, 6) is 2.12. The third-order valence-corrected chi connectivity index (χ3v) is 3.24. The molecule has 0 amide bonds. The molecule has 1 heteroatoms. The Bertz CT molecular complexity index is 63.1. The van der Waals surface area contributed by atoms with Gasteiger partial charge < -0.3 is 0 Å². The molecule has 0 N–H and O–H groups in total. The van der Waals surface area contributed by atoms with Crippen molar-refractivity contribution in [2.24, 2.45) is 5.92 Å². The quantitative estimate of drug-likeness (QED) is 0.592. The second-order valence-corrected chi connectivity index (χ2v) is 4.54. The van der Waals surface area contributed by atoms with Crippen LogP contribution in [0.25, 0.3) is 0 Å². The third kappa shape index (κ3) is 4.21. The lowest BCUT2D eigenvalue weighted by molar-refractivity contribution is 0.567. The maximum absolute atomic E-state index is 2.32. The van der Waals surface area contributed by atoms with E-state index in [2.05, 4.69) is 39.5 Å². The van der Waals surface area contributed by atoms with Gasteiger partial charge in [0.05, 0.1) is 0 Å². The molecule has 1 atom stereocenters. The fourth-order valence-electron chi connectivity index (χ4n) is 1.11. The zero-order valence-electron chi connectivity index (χ0n) is 7.68. The summed E-state index contributed by atoms with van der Waals surface area (Å²) in [6, 6.07) is 0. The van der Waals surface area contributed by atoms with E-state index in [1.54, 1.807) is 0 Å². The van der Waals surface area contributed by atoms with E-state index >= 15 is 0 Å². The standard InChI is InChI=1S/C9H20S/c1-5-7-9(8(3)4)10-6-2/h8-9H,5-7H2,1-4H3. The van der Waals surface area contributed by atoms with E-state index in [4.69, 9.17) is 0 Å². The first-order chi connectivity index (χ1) is 4.72. The average Bonchev–Trinajstić information content (AvgIpc) is 1.87. The molecule has 0 aromatic carbocycles. The van der Waals surface area contributed by atoms with Crippen molar-refractivity contribution in [2.75, 3.05) is 5.75 Å². The maximum atomic E-state index is 2.32. The minimum absolute atomic E-state index is 0.852. The van der Waals surface area contributed by atoms with Crippen molar-refractivity contribution in [3.8, 4) is 0 Å². The molecule has 10 heavy (non-hydrogen) atoms. The lowest BCUT2D eigenvalue weighted by Crippen LogP contribution is -2.10. The van der Waals surface area contributed by atoms with E-state index < -0.39 is 0 Å². The van der Waals surface area contributed by atoms with Gasteiger partial charge in [0.1, 0.15) is 0 Å². The van der Waals surface area contributed by atoms with Gasteiger partial charge in [-0.25, -0.2) is 0 Å². The van der Waals surface area contributed by atoms with Gasteiger partial charge in [-0.1, -0.05) is 34.1 Å². The summed E-state index contributed by atoms with van der Waals surface area (Å²) in [7, 11) is 0. The van der Waals surface area contributed by atoms with Gasteiger partial charge in [0.2, 0.25) is 0 Å². The Balaban J connectivity index is 3.50. The van der Waals surface area contributed by atoms with Crippen LogP contribution in [-0.2, 0) is 0 Å². The first kappa shape index (κ1) is 10.3. The normalized spacial score (nSPS) is 14.1. The second kappa shape index (κ2) is 6.09. The van der Waals surface area contributed by atoms with Crippen LogP contribution in [0.1, 0.15) is 40.5 Å². The first-order valence-electron chi connectivity index (χ1n) is 4.33. The van der Waals surface area contributed by atoms with Crippen molar-refractivity contribution in [3.05, 3.63) is 0 Å². The fraction of sp³-hybridized carbons (Fsp3) is 1.00. The highest BCUT2D eigenvalue weighted by atomic mass is 32.2. The van der Waals surface area contributed by atoms with Crippen LogP contribution in [0.15, 0.2) is 0 Å². The zero-order chi connectivity index (χ0) is 7.98. The molecule has 0 aliphatic rings. The van der Waals surface area contributed by atoms with Gasteiger partial charge in [-0.2, -0.15) is 11.8 Å². The van der Waals surface area contributed by atoms with Crippen LogP contribution >= 0.6 is 11.8 Å². The second-order valence-electron chi connectivity index (χ2n) is 3.03. The summed E-state index contributed by atoms with van der Waals surface area (Å²) in [6.45, 7) is 9.16.